The van der Waals surface area contributed by atoms with Crippen LogP contribution in [0.2, 0.25) is 0 Å². The molecule has 2 rings (SSSR count). The predicted molar refractivity (Wildman–Crippen MR) is 56.0 cm³/mol. The molecule has 1 amide bonds. The lowest BCUT2D eigenvalue weighted by atomic mass is 9.96. The first-order chi connectivity index (χ1) is 7.16. The number of carbonyl (C=O) groups is 2. The van der Waals surface area contributed by atoms with E-state index in [9.17, 15) is 9.59 Å². The third-order valence-electron chi connectivity index (χ3n) is 2.50. The van der Waals surface area contributed by atoms with Crippen molar-refractivity contribution in [1.82, 2.24) is 5.32 Å². The maximum atomic E-state index is 11.6. The van der Waals surface area contributed by atoms with Gasteiger partial charge in [-0.05, 0) is 17.7 Å². The Balaban J connectivity index is 2.25. The number of nitrogens with one attached hydrogen (secondary N) is 1. The van der Waals surface area contributed by atoms with Crippen LogP contribution in [0.5, 0.6) is 0 Å². The van der Waals surface area contributed by atoms with Gasteiger partial charge in [0.05, 0.1) is 0 Å². The average Bonchev–Trinajstić information content (AvgIpc) is 2.23. The molecule has 4 heteroatoms. The van der Waals surface area contributed by atoms with E-state index >= 15 is 0 Å². The van der Waals surface area contributed by atoms with Gasteiger partial charge in [0.1, 0.15) is 6.04 Å². The molecule has 1 saturated heterocycles. The van der Waals surface area contributed by atoms with Crippen molar-refractivity contribution in [3.63, 3.8) is 0 Å². The molecule has 0 bridgehead atoms. The van der Waals surface area contributed by atoms with Crippen LogP contribution in [0.4, 0.5) is 5.69 Å². The number of hydrogen-bond donors (Lipinski definition) is 2. The Hall–Kier alpha value is -1.84. The fourth-order valence-corrected chi connectivity index (χ4v) is 1.65. The topological polar surface area (TPSA) is 72.2 Å². The van der Waals surface area contributed by atoms with Gasteiger partial charge in [0, 0.05) is 18.5 Å². The van der Waals surface area contributed by atoms with E-state index in [-0.39, 0.29) is 11.7 Å². The summed E-state index contributed by atoms with van der Waals surface area (Å²) >= 11 is 0. The van der Waals surface area contributed by atoms with Crippen molar-refractivity contribution in [3.05, 3.63) is 29.8 Å². The number of Topliss-reactive ketones (excluding diaryl/α,β-unsaturated/α-hetero) is 1. The molecular weight excluding hydrogens is 192 g/mol. The first-order valence-electron chi connectivity index (χ1n) is 4.84. The lowest BCUT2D eigenvalue weighted by Gasteiger charge is -2.22. The van der Waals surface area contributed by atoms with Crippen LogP contribution in [0, 0.1) is 0 Å². The number of ketones is 1. The predicted octanol–water partition coefficient (Wildman–Crippen LogP) is 0.789. The minimum Gasteiger partial charge on any atom is -0.399 e. The van der Waals surface area contributed by atoms with E-state index in [0.717, 1.165) is 5.56 Å². The minimum atomic E-state index is -0.494. The average molecular weight is 204 g/mol. The zero-order chi connectivity index (χ0) is 10.8. The molecular formula is C11H12N2O2. The van der Waals surface area contributed by atoms with Gasteiger partial charge in [0.2, 0.25) is 5.91 Å². The number of piperidine rings is 1. The van der Waals surface area contributed by atoms with Gasteiger partial charge in [0.25, 0.3) is 0 Å². The second-order valence-corrected chi connectivity index (χ2v) is 3.63. The van der Waals surface area contributed by atoms with Crippen LogP contribution in [-0.2, 0) is 9.59 Å². The molecule has 1 unspecified atom stereocenters. The van der Waals surface area contributed by atoms with Gasteiger partial charge in [-0.25, -0.2) is 0 Å². The summed E-state index contributed by atoms with van der Waals surface area (Å²) in [4.78, 5) is 22.8. The second kappa shape index (κ2) is 3.73. The van der Waals surface area contributed by atoms with Crippen molar-refractivity contribution < 1.29 is 9.59 Å². The van der Waals surface area contributed by atoms with Gasteiger partial charge in [-0.3, -0.25) is 9.59 Å². The molecule has 1 atom stereocenters. The van der Waals surface area contributed by atoms with E-state index in [4.69, 9.17) is 5.73 Å². The van der Waals surface area contributed by atoms with Gasteiger partial charge < -0.3 is 11.1 Å². The van der Waals surface area contributed by atoms with E-state index in [1.54, 1.807) is 24.3 Å². The van der Waals surface area contributed by atoms with Crippen LogP contribution in [0.3, 0.4) is 0 Å². The Morgan fingerprint density at radius 3 is 2.47 bits per heavy atom. The highest BCUT2D eigenvalue weighted by Crippen LogP contribution is 2.21. The van der Waals surface area contributed by atoms with Crippen LogP contribution in [0.1, 0.15) is 24.4 Å². The van der Waals surface area contributed by atoms with E-state index in [1.165, 1.54) is 0 Å². The number of nitrogens with two attached hydrogens (primary N) is 1. The maximum absolute atomic E-state index is 11.6. The summed E-state index contributed by atoms with van der Waals surface area (Å²) < 4.78 is 0. The van der Waals surface area contributed by atoms with Crippen molar-refractivity contribution >= 4 is 17.4 Å². The molecule has 0 radical (unpaired) electrons. The van der Waals surface area contributed by atoms with Crippen molar-refractivity contribution in [1.29, 1.82) is 0 Å². The Kier molecular flexibility index (Phi) is 2.41. The maximum Gasteiger partial charge on any atom is 0.221 e. The smallest absolute Gasteiger partial charge is 0.221 e. The Labute approximate surface area is 87.5 Å². The number of hydrogen-bond acceptors (Lipinski definition) is 3. The zero-order valence-corrected chi connectivity index (χ0v) is 8.19. The van der Waals surface area contributed by atoms with E-state index in [0.29, 0.717) is 18.5 Å². The summed E-state index contributed by atoms with van der Waals surface area (Å²) in [6.07, 6.45) is 0.616. The lowest BCUT2D eigenvalue weighted by molar-refractivity contribution is -0.132. The summed E-state index contributed by atoms with van der Waals surface area (Å²) in [5.41, 5.74) is 6.99. The van der Waals surface area contributed by atoms with Gasteiger partial charge in [-0.15, -0.1) is 0 Å². The quantitative estimate of drug-likeness (QED) is 0.664. The van der Waals surface area contributed by atoms with E-state index in [2.05, 4.69) is 5.32 Å². The molecule has 4 nitrogen and oxygen atoms in total. The van der Waals surface area contributed by atoms with Crippen molar-refractivity contribution in [2.45, 2.75) is 18.9 Å². The molecule has 1 aromatic rings. The molecule has 1 aliphatic rings. The van der Waals surface area contributed by atoms with Crippen molar-refractivity contribution in [3.8, 4) is 0 Å². The third kappa shape index (κ3) is 1.98. The summed E-state index contributed by atoms with van der Waals surface area (Å²) in [5.74, 6) is -0.0178. The third-order valence-corrected chi connectivity index (χ3v) is 2.50. The number of rotatable bonds is 1. The lowest BCUT2D eigenvalue weighted by Crippen LogP contribution is -2.38. The number of benzene rings is 1. The molecule has 3 N–H and O–H groups in total. The summed E-state index contributed by atoms with van der Waals surface area (Å²) in [5, 5.41) is 2.67. The highest BCUT2D eigenvalue weighted by molar-refractivity contribution is 5.96. The fourth-order valence-electron chi connectivity index (χ4n) is 1.65. The minimum absolute atomic E-state index is 0.0550. The summed E-state index contributed by atoms with van der Waals surface area (Å²) in [6.45, 7) is 0. The summed E-state index contributed by atoms with van der Waals surface area (Å²) in [7, 11) is 0. The molecule has 15 heavy (non-hydrogen) atoms. The van der Waals surface area contributed by atoms with Gasteiger partial charge in [-0.1, -0.05) is 12.1 Å². The largest absolute Gasteiger partial charge is 0.399 e. The molecule has 1 aliphatic heterocycles. The standard InChI is InChI=1S/C11H12N2O2/c12-8-3-1-7(2-4-8)11-9(14)5-6-10(15)13-11/h1-4,11H,5-6,12H2,(H,13,15). The van der Waals surface area contributed by atoms with Crippen LogP contribution in [0.25, 0.3) is 0 Å². The van der Waals surface area contributed by atoms with Crippen LogP contribution in [-0.4, -0.2) is 11.7 Å². The van der Waals surface area contributed by atoms with Crippen molar-refractivity contribution in [2.75, 3.05) is 5.73 Å². The molecule has 0 aliphatic carbocycles. The number of amides is 1. The van der Waals surface area contributed by atoms with E-state index < -0.39 is 6.04 Å². The Morgan fingerprint density at radius 2 is 1.80 bits per heavy atom. The van der Waals surface area contributed by atoms with Crippen LogP contribution in [0.15, 0.2) is 24.3 Å². The highest BCUT2D eigenvalue weighted by Gasteiger charge is 2.27. The molecule has 0 saturated carbocycles. The Morgan fingerprint density at radius 1 is 1.13 bits per heavy atom. The number of anilines is 1. The molecule has 0 aromatic heterocycles. The first-order valence-corrected chi connectivity index (χ1v) is 4.84. The second-order valence-electron chi connectivity index (χ2n) is 3.63. The molecule has 1 heterocycles. The van der Waals surface area contributed by atoms with Gasteiger partial charge >= 0.3 is 0 Å². The van der Waals surface area contributed by atoms with Gasteiger partial charge in [0.15, 0.2) is 5.78 Å². The van der Waals surface area contributed by atoms with Crippen molar-refractivity contribution in [2.24, 2.45) is 0 Å². The zero-order valence-electron chi connectivity index (χ0n) is 8.19. The Bertz CT molecular complexity index is 398. The SMILES string of the molecule is Nc1ccc(C2NC(=O)CCC2=O)cc1. The number of carbonyl (C=O) groups excluding carboxylic acids is 2. The molecule has 1 fully saturated rings. The summed E-state index contributed by atoms with van der Waals surface area (Å²) in [6, 6.07) is 6.49. The molecule has 0 spiro atoms. The van der Waals surface area contributed by atoms with Crippen LogP contribution < -0.4 is 11.1 Å². The molecule has 78 valence electrons. The molecule has 1 aromatic carbocycles. The van der Waals surface area contributed by atoms with Gasteiger partial charge in [-0.2, -0.15) is 0 Å². The fraction of sp³-hybridized carbons (Fsp3) is 0.273. The normalized spacial score (nSPS) is 21.2. The van der Waals surface area contributed by atoms with Crippen LogP contribution >= 0.6 is 0 Å². The highest BCUT2D eigenvalue weighted by atomic mass is 16.2. The number of nitrogen functional groups attached to an aromatic ring is 1. The monoisotopic (exact) mass is 204 g/mol. The van der Waals surface area contributed by atoms with E-state index in [1.807, 2.05) is 0 Å². The first kappa shape index (κ1) is 9.71.